The van der Waals surface area contributed by atoms with E-state index < -0.39 is 23.2 Å². The van der Waals surface area contributed by atoms with Crippen molar-refractivity contribution in [1.29, 1.82) is 0 Å². The molecule has 176 valence electrons. The van der Waals surface area contributed by atoms with Gasteiger partial charge in [0.2, 0.25) is 0 Å². The van der Waals surface area contributed by atoms with Crippen LogP contribution in [0.2, 0.25) is 0 Å². The molecule has 0 radical (unpaired) electrons. The second-order valence-corrected chi connectivity index (χ2v) is 7.40. The number of nitrogens with one attached hydrogen (secondary N) is 1. The lowest BCUT2D eigenvalue weighted by atomic mass is 9.97. The average Bonchev–Trinajstić information content (AvgIpc) is 2.82. The van der Waals surface area contributed by atoms with E-state index in [0.717, 1.165) is 0 Å². The highest BCUT2D eigenvalue weighted by Gasteiger charge is 2.23. The van der Waals surface area contributed by atoms with Crippen LogP contribution in [0.25, 0.3) is 0 Å². The lowest BCUT2D eigenvalue weighted by molar-refractivity contribution is -0.384. The second-order valence-electron chi connectivity index (χ2n) is 7.40. The van der Waals surface area contributed by atoms with Crippen LogP contribution in [0.5, 0.6) is 5.75 Å². The van der Waals surface area contributed by atoms with E-state index in [1.165, 1.54) is 48.5 Å². The Balaban J connectivity index is 1.87. The largest absolute Gasteiger partial charge is 0.434 e. The predicted octanol–water partition coefficient (Wildman–Crippen LogP) is 4.42. The highest BCUT2D eigenvalue weighted by molar-refractivity contribution is 6.15. The van der Waals surface area contributed by atoms with Gasteiger partial charge in [-0.3, -0.25) is 19.7 Å². The zero-order valence-electron chi connectivity index (χ0n) is 18.3. The minimum atomic E-state index is -3.02. The molecule has 0 atom stereocenters. The number of amides is 1. The molecular formula is C24H21F2N3O5. The number of nitro benzene ring substituents is 1. The Morgan fingerprint density at radius 1 is 1.03 bits per heavy atom. The first-order valence-corrected chi connectivity index (χ1v) is 10.1. The van der Waals surface area contributed by atoms with Gasteiger partial charge in [-0.2, -0.15) is 8.78 Å². The number of rotatable bonds is 9. The van der Waals surface area contributed by atoms with Crippen molar-refractivity contribution < 1.29 is 28.0 Å². The molecule has 0 spiro atoms. The minimum Gasteiger partial charge on any atom is -0.434 e. The summed E-state index contributed by atoms with van der Waals surface area (Å²) >= 11 is 0. The lowest BCUT2D eigenvalue weighted by Crippen LogP contribution is -2.25. The Hall–Kier alpha value is -4.34. The van der Waals surface area contributed by atoms with Gasteiger partial charge in [0.1, 0.15) is 11.4 Å². The van der Waals surface area contributed by atoms with Crippen LogP contribution in [0.1, 0.15) is 31.8 Å². The van der Waals surface area contributed by atoms with Crippen molar-refractivity contribution in [3.8, 4) is 5.75 Å². The first kappa shape index (κ1) is 24.3. The number of carbonyl (C=O) groups is 2. The summed E-state index contributed by atoms with van der Waals surface area (Å²) in [6.07, 6.45) is 0. The van der Waals surface area contributed by atoms with Crippen LogP contribution in [-0.4, -0.2) is 37.3 Å². The molecule has 3 aromatic rings. The fourth-order valence-electron chi connectivity index (χ4n) is 3.36. The van der Waals surface area contributed by atoms with Crippen molar-refractivity contribution >= 4 is 23.1 Å². The number of carbonyl (C=O) groups excluding carboxylic acids is 2. The predicted molar refractivity (Wildman–Crippen MR) is 122 cm³/mol. The first-order valence-electron chi connectivity index (χ1n) is 10.1. The molecule has 0 aliphatic rings. The van der Waals surface area contributed by atoms with Crippen molar-refractivity contribution in [1.82, 2.24) is 5.32 Å². The van der Waals surface area contributed by atoms with E-state index in [4.69, 9.17) is 0 Å². The van der Waals surface area contributed by atoms with Crippen LogP contribution in [0.3, 0.4) is 0 Å². The van der Waals surface area contributed by atoms with Crippen molar-refractivity contribution in [3.63, 3.8) is 0 Å². The molecule has 0 unspecified atom stereocenters. The Labute approximate surface area is 193 Å². The van der Waals surface area contributed by atoms with E-state index in [9.17, 15) is 28.5 Å². The number of halogens is 2. The smallest absolute Gasteiger partial charge is 0.387 e. The third-order valence-corrected chi connectivity index (χ3v) is 4.96. The summed E-state index contributed by atoms with van der Waals surface area (Å²) in [6, 6.07) is 16.1. The molecule has 0 aromatic heterocycles. The zero-order valence-corrected chi connectivity index (χ0v) is 18.3. The zero-order chi connectivity index (χ0) is 24.8. The molecule has 34 heavy (non-hydrogen) atoms. The van der Waals surface area contributed by atoms with E-state index >= 15 is 0 Å². The number of hydrogen-bond donors (Lipinski definition) is 1. The number of nitrogens with zero attached hydrogens (tertiary/aromatic N) is 2. The van der Waals surface area contributed by atoms with E-state index in [1.807, 2.05) is 0 Å². The average molecular weight is 469 g/mol. The van der Waals surface area contributed by atoms with Crippen LogP contribution in [0.4, 0.5) is 20.2 Å². The molecule has 3 rings (SSSR count). The monoisotopic (exact) mass is 469 g/mol. The SMILES string of the molecule is CN(C)c1ccc(C(=O)c2ccccc2C(=O)NCc2ccccc2OC(F)F)cc1[N+](=O)[O-]. The molecule has 1 N–H and O–H groups in total. The van der Waals surface area contributed by atoms with Crippen LogP contribution in [-0.2, 0) is 6.54 Å². The number of ether oxygens (including phenoxy) is 1. The minimum absolute atomic E-state index is 0.0408. The molecule has 3 aromatic carbocycles. The number of ketones is 1. The summed E-state index contributed by atoms with van der Waals surface area (Å²) in [4.78, 5) is 38.5. The third-order valence-electron chi connectivity index (χ3n) is 4.96. The van der Waals surface area contributed by atoms with Crippen molar-refractivity contribution in [3.05, 3.63) is 99.1 Å². The van der Waals surface area contributed by atoms with Crippen LogP contribution in [0, 0.1) is 10.1 Å². The summed E-state index contributed by atoms with van der Waals surface area (Å²) < 4.78 is 29.7. The van der Waals surface area contributed by atoms with E-state index in [0.29, 0.717) is 11.3 Å². The number of para-hydroxylation sites is 1. The topological polar surface area (TPSA) is 102 Å². The molecule has 0 bridgehead atoms. The van der Waals surface area contributed by atoms with Gasteiger partial charge in [-0.05, 0) is 24.3 Å². The maximum atomic E-state index is 13.2. The van der Waals surface area contributed by atoms with Gasteiger partial charge < -0.3 is 15.0 Å². The molecule has 8 nitrogen and oxygen atoms in total. The molecular weight excluding hydrogens is 448 g/mol. The molecule has 0 saturated carbocycles. The third kappa shape index (κ3) is 5.52. The number of nitro groups is 1. The Morgan fingerprint density at radius 2 is 1.68 bits per heavy atom. The highest BCUT2D eigenvalue weighted by Crippen LogP contribution is 2.29. The summed E-state index contributed by atoms with van der Waals surface area (Å²) in [5, 5.41) is 14.1. The van der Waals surface area contributed by atoms with E-state index in [2.05, 4.69) is 10.1 Å². The van der Waals surface area contributed by atoms with Gasteiger partial charge in [0.15, 0.2) is 5.78 Å². The molecule has 0 heterocycles. The van der Waals surface area contributed by atoms with Gasteiger partial charge in [0, 0.05) is 43.4 Å². The summed E-state index contributed by atoms with van der Waals surface area (Å²) in [7, 11) is 3.29. The number of alkyl halides is 2. The summed E-state index contributed by atoms with van der Waals surface area (Å²) in [5.74, 6) is -1.26. The summed E-state index contributed by atoms with van der Waals surface area (Å²) in [6.45, 7) is -3.13. The first-order chi connectivity index (χ1) is 16.2. The van der Waals surface area contributed by atoms with Gasteiger partial charge in [0.25, 0.3) is 11.6 Å². The Bertz CT molecular complexity index is 1230. The number of hydrogen-bond acceptors (Lipinski definition) is 6. The van der Waals surface area contributed by atoms with Crippen LogP contribution >= 0.6 is 0 Å². The van der Waals surface area contributed by atoms with Crippen molar-refractivity contribution in [2.75, 3.05) is 19.0 Å². The van der Waals surface area contributed by atoms with Crippen LogP contribution in [0.15, 0.2) is 66.7 Å². The molecule has 0 fully saturated rings. The highest BCUT2D eigenvalue weighted by atomic mass is 19.3. The van der Waals surface area contributed by atoms with Gasteiger partial charge in [-0.1, -0.05) is 36.4 Å². The normalized spacial score (nSPS) is 10.6. The molecule has 10 heteroatoms. The van der Waals surface area contributed by atoms with Crippen LogP contribution < -0.4 is 15.0 Å². The van der Waals surface area contributed by atoms with E-state index in [1.54, 1.807) is 37.2 Å². The van der Waals surface area contributed by atoms with Gasteiger partial charge in [-0.15, -0.1) is 0 Å². The second kappa shape index (κ2) is 10.5. The molecule has 1 amide bonds. The quantitative estimate of drug-likeness (QED) is 0.283. The van der Waals surface area contributed by atoms with Crippen molar-refractivity contribution in [2.45, 2.75) is 13.2 Å². The molecule has 0 aliphatic heterocycles. The van der Waals surface area contributed by atoms with Gasteiger partial charge >= 0.3 is 6.61 Å². The van der Waals surface area contributed by atoms with E-state index in [-0.39, 0.29) is 34.7 Å². The van der Waals surface area contributed by atoms with Gasteiger partial charge in [0.05, 0.1) is 10.5 Å². The fourth-order valence-corrected chi connectivity index (χ4v) is 3.36. The number of anilines is 1. The van der Waals surface area contributed by atoms with Gasteiger partial charge in [-0.25, -0.2) is 0 Å². The maximum absolute atomic E-state index is 13.2. The standard InChI is InChI=1S/C24H21F2N3O5/c1-28(2)19-12-11-15(13-20(19)29(32)33)22(30)17-8-4-5-9-18(17)23(31)27-14-16-7-3-6-10-21(16)34-24(25)26/h3-13,24H,14H2,1-2H3,(H,27,31). The number of benzene rings is 3. The van der Waals surface area contributed by atoms with Crippen molar-refractivity contribution in [2.24, 2.45) is 0 Å². The summed E-state index contributed by atoms with van der Waals surface area (Å²) in [5.41, 5.74) is 0.553. The fraction of sp³-hybridized carbons (Fsp3) is 0.167. The Kier molecular flexibility index (Phi) is 7.52. The molecule has 0 aliphatic carbocycles. The maximum Gasteiger partial charge on any atom is 0.387 e. The Morgan fingerprint density at radius 3 is 2.32 bits per heavy atom. The molecule has 0 saturated heterocycles. The lowest BCUT2D eigenvalue weighted by Gasteiger charge is -2.14.